The third kappa shape index (κ3) is 4.70. The third-order valence-corrected chi connectivity index (χ3v) is 5.30. The molecule has 3 rings (SSSR count). The lowest BCUT2D eigenvalue weighted by Crippen LogP contribution is -2.49. The highest BCUT2D eigenvalue weighted by Crippen LogP contribution is 2.22. The van der Waals surface area contributed by atoms with Crippen molar-refractivity contribution in [3.63, 3.8) is 0 Å². The van der Waals surface area contributed by atoms with Gasteiger partial charge in [-0.2, -0.15) is 0 Å². The summed E-state index contributed by atoms with van der Waals surface area (Å²) in [5.74, 6) is 0.834. The Morgan fingerprint density at radius 2 is 1.73 bits per heavy atom. The zero-order valence-corrected chi connectivity index (χ0v) is 16.3. The largest absolute Gasteiger partial charge is 0.497 e. The first-order chi connectivity index (χ1) is 12.6. The van der Waals surface area contributed by atoms with Gasteiger partial charge >= 0.3 is 0 Å². The van der Waals surface area contributed by atoms with Crippen LogP contribution in [0.25, 0.3) is 0 Å². The number of piperazine rings is 1. The van der Waals surface area contributed by atoms with E-state index in [1.807, 2.05) is 41.3 Å². The van der Waals surface area contributed by atoms with E-state index in [-0.39, 0.29) is 5.91 Å². The lowest BCUT2D eigenvalue weighted by Gasteiger charge is -2.34. The topological polar surface area (TPSA) is 32.8 Å². The van der Waals surface area contributed by atoms with Crippen LogP contribution in [-0.4, -0.2) is 55.5 Å². The van der Waals surface area contributed by atoms with Crippen molar-refractivity contribution in [3.05, 3.63) is 63.6 Å². The summed E-state index contributed by atoms with van der Waals surface area (Å²) in [6.07, 6.45) is 0.877. The molecule has 1 fully saturated rings. The summed E-state index contributed by atoms with van der Waals surface area (Å²) in [6.45, 7) is 4.13. The molecule has 0 radical (unpaired) electrons. The lowest BCUT2D eigenvalue weighted by molar-refractivity contribution is 0.0638. The molecule has 1 aliphatic rings. The number of benzene rings is 2. The maximum absolute atomic E-state index is 12.6. The van der Waals surface area contributed by atoms with Crippen molar-refractivity contribution in [2.24, 2.45) is 0 Å². The molecule has 0 aromatic heterocycles. The molecule has 0 atom stereocenters. The Morgan fingerprint density at radius 3 is 2.35 bits per heavy atom. The van der Waals surface area contributed by atoms with Crippen LogP contribution < -0.4 is 4.74 Å². The number of rotatable bonds is 5. The Kier molecular flexibility index (Phi) is 6.41. The molecular weight excluding hydrogens is 371 g/mol. The molecule has 2 aromatic carbocycles. The second-order valence-electron chi connectivity index (χ2n) is 6.35. The third-order valence-electron chi connectivity index (χ3n) is 4.71. The maximum atomic E-state index is 12.6. The molecular formula is C20H22Cl2N2O2. The number of nitrogens with zero attached hydrogens (tertiary/aromatic N) is 2. The summed E-state index contributed by atoms with van der Waals surface area (Å²) in [5.41, 5.74) is 1.81. The first-order valence-electron chi connectivity index (χ1n) is 8.66. The van der Waals surface area contributed by atoms with Crippen LogP contribution in [0.1, 0.15) is 15.9 Å². The Labute approximate surface area is 164 Å². The smallest absolute Gasteiger partial charge is 0.253 e. The predicted molar refractivity (Wildman–Crippen MR) is 106 cm³/mol. The normalized spacial score (nSPS) is 15.1. The monoisotopic (exact) mass is 392 g/mol. The van der Waals surface area contributed by atoms with E-state index in [4.69, 9.17) is 27.9 Å². The number of carbonyl (C=O) groups is 1. The van der Waals surface area contributed by atoms with Crippen LogP contribution in [0.2, 0.25) is 10.0 Å². The average Bonchev–Trinajstić information content (AvgIpc) is 2.67. The van der Waals surface area contributed by atoms with E-state index in [2.05, 4.69) is 4.90 Å². The molecule has 0 unspecified atom stereocenters. The van der Waals surface area contributed by atoms with Crippen molar-refractivity contribution >= 4 is 29.1 Å². The first-order valence-corrected chi connectivity index (χ1v) is 9.42. The van der Waals surface area contributed by atoms with Gasteiger partial charge in [-0.1, -0.05) is 29.3 Å². The van der Waals surface area contributed by atoms with Crippen LogP contribution in [0.5, 0.6) is 5.75 Å². The fourth-order valence-electron chi connectivity index (χ4n) is 3.09. The molecule has 26 heavy (non-hydrogen) atoms. The number of ether oxygens (including phenoxy) is 1. The number of amides is 1. The van der Waals surface area contributed by atoms with E-state index in [9.17, 15) is 4.79 Å². The van der Waals surface area contributed by atoms with Gasteiger partial charge < -0.3 is 9.64 Å². The molecule has 6 heteroatoms. The molecule has 0 spiro atoms. The summed E-state index contributed by atoms with van der Waals surface area (Å²) in [7, 11) is 1.62. The molecule has 1 saturated heterocycles. The highest BCUT2D eigenvalue weighted by Gasteiger charge is 2.22. The van der Waals surface area contributed by atoms with Crippen LogP contribution in [0.4, 0.5) is 0 Å². The fourth-order valence-corrected chi connectivity index (χ4v) is 3.60. The summed E-state index contributed by atoms with van der Waals surface area (Å²) in [5, 5.41) is 1.37. The highest BCUT2D eigenvalue weighted by atomic mass is 35.5. The standard InChI is InChI=1S/C20H22Cl2N2O2/c1-26-18-6-3-16(4-7-18)20(25)24-12-10-23(11-13-24)9-8-15-2-5-17(21)14-19(15)22/h2-7,14H,8-13H2,1H3. The zero-order chi connectivity index (χ0) is 18.5. The molecule has 1 amide bonds. The van der Waals surface area contributed by atoms with Gasteiger partial charge in [-0.15, -0.1) is 0 Å². The second kappa shape index (κ2) is 8.76. The minimum absolute atomic E-state index is 0.0769. The van der Waals surface area contributed by atoms with Gasteiger partial charge in [0, 0.05) is 48.3 Å². The lowest BCUT2D eigenvalue weighted by atomic mass is 10.1. The molecule has 1 heterocycles. The van der Waals surface area contributed by atoms with E-state index in [0.29, 0.717) is 15.6 Å². The average molecular weight is 393 g/mol. The summed E-state index contributed by atoms with van der Waals surface area (Å²) < 4.78 is 5.14. The van der Waals surface area contributed by atoms with E-state index in [1.165, 1.54) is 0 Å². The molecule has 4 nitrogen and oxygen atoms in total. The highest BCUT2D eigenvalue weighted by molar-refractivity contribution is 6.35. The molecule has 1 aliphatic heterocycles. The fraction of sp³-hybridized carbons (Fsp3) is 0.350. The van der Waals surface area contributed by atoms with E-state index < -0.39 is 0 Å². The maximum Gasteiger partial charge on any atom is 0.253 e. The zero-order valence-electron chi connectivity index (χ0n) is 14.8. The number of hydrogen-bond acceptors (Lipinski definition) is 3. The van der Waals surface area contributed by atoms with Crippen molar-refractivity contribution in [2.45, 2.75) is 6.42 Å². The Morgan fingerprint density at radius 1 is 1.04 bits per heavy atom. The molecule has 138 valence electrons. The van der Waals surface area contributed by atoms with Gasteiger partial charge in [-0.3, -0.25) is 9.69 Å². The number of hydrogen-bond donors (Lipinski definition) is 0. The number of carbonyl (C=O) groups excluding carboxylic acids is 1. The number of methoxy groups -OCH3 is 1. The molecule has 0 N–H and O–H groups in total. The van der Waals surface area contributed by atoms with Crippen molar-refractivity contribution in [1.82, 2.24) is 9.80 Å². The van der Waals surface area contributed by atoms with Gasteiger partial charge in [0.2, 0.25) is 0 Å². The van der Waals surface area contributed by atoms with Crippen LogP contribution in [0.3, 0.4) is 0 Å². The van der Waals surface area contributed by atoms with Crippen LogP contribution in [0, 0.1) is 0 Å². The van der Waals surface area contributed by atoms with E-state index >= 15 is 0 Å². The summed E-state index contributed by atoms with van der Waals surface area (Å²) in [6, 6.07) is 12.9. The Bertz CT molecular complexity index is 757. The first kappa shape index (κ1) is 19.0. The van der Waals surface area contributed by atoms with E-state index in [1.54, 1.807) is 13.2 Å². The molecule has 0 bridgehead atoms. The minimum atomic E-state index is 0.0769. The Hall–Kier alpha value is -1.75. The van der Waals surface area contributed by atoms with Crippen molar-refractivity contribution in [3.8, 4) is 5.75 Å². The Balaban J connectivity index is 1.49. The van der Waals surface area contributed by atoms with Crippen molar-refractivity contribution in [1.29, 1.82) is 0 Å². The predicted octanol–water partition coefficient (Wildman–Crippen LogP) is 4.00. The second-order valence-corrected chi connectivity index (χ2v) is 7.19. The van der Waals surface area contributed by atoms with E-state index in [0.717, 1.165) is 50.5 Å². The quantitative estimate of drug-likeness (QED) is 0.770. The van der Waals surface area contributed by atoms with Crippen molar-refractivity contribution < 1.29 is 9.53 Å². The van der Waals surface area contributed by atoms with Gasteiger partial charge in [0.25, 0.3) is 5.91 Å². The van der Waals surface area contributed by atoms with Crippen LogP contribution in [0.15, 0.2) is 42.5 Å². The molecule has 0 saturated carbocycles. The summed E-state index contributed by atoms with van der Waals surface area (Å²) >= 11 is 12.2. The molecule has 2 aromatic rings. The SMILES string of the molecule is COc1ccc(C(=O)N2CCN(CCc3ccc(Cl)cc3Cl)CC2)cc1. The summed E-state index contributed by atoms with van der Waals surface area (Å²) in [4.78, 5) is 16.9. The van der Waals surface area contributed by atoms with Gasteiger partial charge in [0.15, 0.2) is 0 Å². The number of halogens is 2. The van der Waals surface area contributed by atoms with Gasteiger partial charge in [0.05, 0.1) is 7.11 Å². The van der Waals surface area contributed by atoms with Crippen molar-refractivity contribution in [2.75, 3.05) is 39.8 Å². The van der Waals surface area contributed by atoms with Gasteiger partial charge in [0.1, 0.15) is 5.75 Å². The van der Waals surface area contributed by atoms with Crippen LogP contribution in [-0.2, 0) is 6.42 Å². The van der Waals surface area contributed by atoms with Gasteiger partial charge in [-0.25, -0.2) is 0 Å². The van der Waals surface area contributed by atoms with Crippen LogP contribution >= 0.6 is 23.2 Å². The van der Waals surface area contributed by atoms with Gasteiger partial charge in [-0.05, 0) is 48.4 Å². The molecule has 0 aliphatic carbocycles. The minimum Gasteiger partial charge on any atom is -0.497 e.